The number of aromatic nitrogens is 2. The Morgan fingerprint density at radius 3 is 2.52 bits per heavy atom. The van der Waals surface area contributed by atoms with Crippen LogP contribution in [0.1, 0.15) is 30.9 Å². The number of anilines is 1. The third-order valence-corrected chi connectivity index (χ3v) is 4.54. The Kier molecular flexibility index (Phi) is 5.47. The Labute approximate surface area is 143 Å². The molecule has 0 aliphatic heterocycles. The highest BCUT2D eigenvalue weighted by molar-refractivity contribution is 9.10. The van der Waals surface area contributed by atoms with Crippen molar-refractivity contribution in [3.63, 3.8) is 0 Å². The van der Waals surface area contributed by atoms with E-state index in [2.05, 4.69) is 39.7 Å². The van der Waals surface area contributed by atoms with Gasteiger partial charge in [-0.25, -0.2) is 9.97 Å². The molecule has 0 aliphatic rings. The largest absolute Gasteiger partial charge is 0.383 e. The molecule has 0 saturated heterocycles. The second-order valence-electron chi connectivity index (χ2n) is 5.31. The molecule has 1 heterocycles. The van der Waals surface area contributed by atoms with E-state index in [-0.39, 0.29) is 0 Å². The predicted molar refractivity (Wildman–Crippen MR) is 92.0 cm³/mol. The molecular formula is C15H16BrCl2N3. The van der Waals surface area contributed by atoms with Crippen molar-refractivity contribution >= 4 is 44.9 Å². The van der Waals surface area contributed by atoms with Crippen LogP contribution in [0.3, 0.4) is 0 Å². The highest BCUT2D eigenvalue weighted by Crippen LogP contribution is 2.26. The van der Waals surface area contributed by atoms with Gasteiger partial charge >= 0.3 is 0 Å². The van der Waals surface area contributed by atoms with Crippen molar-refractivity contribution in [2.45, 2.75) is 26.7 Å². The summed E-state index contributed by atoms with van der Waals surface area (Å²) in [5.41, 5.74) is 7.90. The fourth-order valence-electron chi connectivity index (χ4n) is 2.00. The summed E-state index contributed by atoms with van der Waals surface area (Å²) in [6.45, 7) is 4.28. The number of rotatable bonds is 4. The standard InChI is InChI=1S/C15H16BrCl2N3/c1-8(2)5-12-14(16)15(19)21-13(20-12)7-9-3-4-10(17)11(18)6-9/h3-4,6,8H,5,7H2,1-2H3,(H2,19,20,21). The Bertz CT molecular complexity index is 660. The third kappa shape index (κ3) is 4.31. The summed E-state index contributed by atoms with van der Waals surface area (Å²) in [6, 6.07) is 5.52. The molecule has 0 atom stereocenters. The fourth-order valence-corrected chi connectivity index (χ4v) is 2.66. The maximum Gasteiger partial charge on any atom is 0.141 e. The second-order valence-corrected chi connectivity index (χ2v) is 6.92. The Morgan fingerprint density at radius 2 is 1.90 bits per heavy atom. The van der Waals surface area contributed by atoms with Gasteiger partial charge in [-0.15, -0.1) is 0 Å². The third-order valence-electron chi connectivity index (χ3n) is 2.94. The van der Waals surface area contributed by atoms with Crippen LogP contribution in [0.2, 0.25) is 10.0 Å². The van der Waals surface area contributed by atoms with Gasteiger partial charge in [-0.05, 0) is 46.0 Å². The summed E-state index contributed by atoms with van der Waals surface area (Å²) in [7, 11) is 0. The minimum atomic E-state index is 0.468. The lowest BCUT2D eigenvalue weighted by atomic mass is 10.1. The molecule has 0 fully saturated rings. The molecule has 2 N–H and O–H groups in total. The number of benzene rings is 1. The average Bonchev–Trinajstić information content (AvgIpc) is 2.39. The molecular weight excluding hydrogens is 373 g/mol. The molecule has 1 aromatic carbocycles. The number of nitrogens with zero attached hydrogens (tertiary/aromatic N) is 2. The molecule has 2 aromatic rings. The topological polar surface area (TPSA) is 51.8 Å². The van der Waals surface area contributed by atoms with Gasteiger partial charge in [0.15, 0.2) is 0 Å². The quantitative estimate of drug-likeness (QED) is 0.808. The molecule has 3 nitrogen and oxygen atoms in total. The number of nitrogen functional groups attached to an aromatic ring is 1. The molecule has 0 saturated carbocycles. The van der Waals surface area contributed by atoms with Gasteiger partial charge in [0.05, 0.1) is 20.2 Å². The van der Waals surface area contributed by atoms with E-state index < -0.39 is 0 Å². The van der Waals surface area contributed by atoms with Crippen LogP contribution >= 0.6 is 39.1 Å². The summed E-state index contributed by atoms with van der Waals surface area (Å²) in [5, 5.41) is 1.07. The Hall–Kier alpha value is -0.840. The molecule has 1 aromatic heterocycles. The first-order chi connectivity index (χ1) is 9.86. The normalized spacial score (nSPS) is 11.1. The first-order valence-electron chi connectivity index (χ1n) is 6.61. The zero-order chi connectivity index (χ0) is 15.6. The second kappa shape index (κ2) is 6.95. The van der Waals surface area contributed by atoms with Crippen LogP contribution in [-0.4, -0.2) is 9.97 Å². The van der Waals surface area contributed by atoms with E-state index >= 15 is 0 Å². The summed E-state index contributed by atoms with van der Waals surface area (Å²) in [4.78, 5) is 8.94. The smallest absolute Gasteiger partial charge is 0.141 e. The van der Waals surface area contributed by atoms with Crippen molar-refractivity contribution in [1.82, 2.24) is 9.97 Å². The predicted octanol–water partition coefficient (Wildman–Crippen LogP) is 4.92. The molecule has 0 bridgehead atoms. The van der Waals surface area contributed by atoms with Crippen LogP contribution in [0.15, 0.2) is 22.7 Å². The maximum absolute atomic E-state index is 6.03. The van der Waals surface area contributed by atoms with E-state index in [4.69, 9.17) is 28.9 Å². The Morgan fingerprint density at radius 1 is 1.19 bits per heavy atom. The molecule has 21 heavy (non-hydrogen) atoms. The Balaban J connectivity index is 2.31. The van der Waals surface area contributed by atoms with E-state index in [1.54, 1.807) is 6.07 Å². The lowest BCUT2D eigenvalue weighted by Crippen LogP contribution is -2.08. The molecule has 0 radical (unpaired) electrons. The fraction of sp³-hybridized carbons (Fsp3) is 0.333. The zero-order valence-electron chi connectivity index (χ0n) is 11.8. The molecule has 112 valence electrons. The van der Waals surface area contributed by atoms with Crippen LogP contribution in [0, 0.1) is 5.92 Å². The van der Waals surface area contributed by atoms with Crippen molar-refractivity contribution < 1.29 is 0 Å². The number of hydrogen-bond donors (Lipinski definition) is 1. The van der Waals surface area contributed by atoms with Crippen LogP contribution in [0.4, 0.5) is 5.82 Å². The maximum atomic E-state index is 6.03. The van der Waals surface area contributed by atoms with Gasteiger partial charge in [0, 0.05) is 6.42 Å². The van der Waals surface area contributed by atoms with Crippen molar-refractivity contribution in [2.75, 3.05) is 5.73 Å². The van der Waals surface area contributed by atoms with E-state index in [9.17, 15) is 0 Å². The van der Waals surface area contributed by atoms with Gasteiger partial charge in [-0.1, -0.05) is 43.1 Å². The molecule has 0 amide bonds. The molecule has 0 unspecified atom stereocenters. The number of hydrogen-bond acceptors (Lipinski definition) is 3. The van der Waals surface area contributed by atoms with Crippen LogP contribution in [-0.2, 0) is 12.8 Å². The van der Waals surface area contributed by atoms with E-state index in [0.29, 0.717) is 34.0 Å². The first kappa shape index (κ1) is 16.5. The molecule has 0 aliphatic carbocycles. The summed E-state index contributed by atoms with van der Waals surface area (Å²) >= 11 is 15.4. The zero-order valence-corrected chi connectivity index (χ0v) is 14.9. The average molecular weight is 389 g/mol. The highest BCUT2D eigenvalue weighted by atomic mass is 79.9. The van der Waals surface area contributed by atoms with Gasteiger partial charge in [-0.3, -0.25) is 0 Å². The summed E-state index contributed by atoms with van der Waals surface area (Å²) < 4.78 is 0.786. The van der Waals surface area contributed by atoms with E-state index in [1.807, 2.05) is 12.1 Å². The number of halogens is 3. The van der Waals surface area contributed by atoms with Crippen LogP contribution in [0.25, 0.3) is 0 Å². The lowest BCUT2D eigenvalue weighted by molar-refractivity contribution is 0.629. The van der Waals surface area contributed by atoms with Gasteiger partial charge in [-0.2, -0.15) is 0 Å². The summed E-state index contributed by atoms with van der Waals surface area (Å²) in [6.07, 6.45) is 1.42. The monoisotopic (exact) mass is 387 g/mol. The van der Waals surface area contributed by atoms with Crippen LogP contribution < -0.4 is 5.73 Å². The summed E-state index contributed by atoms with van der Waals surface area (Å²) in [5.74, 6) is 1.65. The van der Waals surface area contributed by atoms with Crippen molar-refractivity contribution in [3.8, 4) is 0 Å². The highest BCUT2D eigenvalue weighted by Gasteiger charge is 2.12. The van der Waals surface area contributed by atoms with Gasteiger partial charge in [0.2, 0.25) is 0 Å². The molecule has 6 heteroatoms. The SMILES string of the molecule is CC(C)Cc1nc(Cc2ccc(Cl)c(Cl)c2)nc(N)c1Br. The first-order valence-corrected chi connectivity index (χ1v) is 8.16. The molecule has 0 spiro atoms. The van der Waals surface area contributed by atoms with Gasteiger partial charge in [0.1, 0.15) is 11.6 Å². The minimum absolute atomic E-state index is 0.468. The number of nitrogens with two attached hydrogens (primary N) is 1. The van der Waals surface area contributed by atoms with Gasteiger partial charge in [0.25, 0.3) is 0 Å². The van der Waals surface area contributed by atoms with Gasteiger partial charge < -0.3 is 5.73 Å². The molecule has 2 rings (SSSR count). The van der Waals surface area contributed by atoms with Crippen molar-refractivity contribution in [3.05, 3.63) is 49.8 Å². The minimum Gasteiger partial charge on any atom is -0.383 e. The van der Waals surface area contributed by atoms with E-state index in [0.717, 1.165) is 22.2 Å². The van der Waals surface area contributed by atoms with Crippen molar-refractivity contribution in [1.29, 1.82) is 0 Å². The van der Waals surface area contributed by atoms with Crippen molar-refractivity contribution in [2.24, 2.45) is 5.92 Å². The van der Waals surface area contributed by atoms with Crippen LogP contribution in [0.5, 0.6) is 0 Å². The van der Waals surface area contributed by atoms with E-state index in [1.165, 1.54) is 0 Å². The lowest BCUT2D eigenvalue weighted by Gasteiger charge is -2.11.